The number of likely N-dealkylation sites (N-methyl/N-ethyl adjacent to an activating group) is 1. The first-order chi connectivity index (χ1) is 8.80. The van der Waals surface area contributed by atoms with Crippen LogP contribution in [0.3, 0.4) is 0 Å². The maximum absolute atomic E-state index is 5.06. The van der Waals surface area contributed by atoms with Gasteiger partial charge in [0.15, 0.2) is 0 Å². The van der Waals surface area contributed by atoms with Gasteiger partial charge in [-0.2, -0.15) is 0 Å². The van der Waals surface area contributed by atoms with Gasteiger partial charge in [-0.15, -0.1) is 11.8 Å². The number of pyridine rings is 1. The molecule has 1 rings (SSSR count). The maximum atomic E-state index is 5.06. The van der Waals surface area contributed by atoms with Gasteiger partial charge in [-0.05, 0) is 31.9 Å². The highest BCUT2D eigenvalue weighted by molar-refractivity contribution is 5.18. The number of hydrogen-bond donors (Lipinski definition) is 1. The van der Waals surface area contributed by atoms with Crippen molar-refractivity contribution in [3.63, 3.8) is 0 Å². The molecule has 0 saturated heterocycles. The third kappa shape index (κ3) is 5.20. The molecule has 3 heteroatoms. The number of nitrogens with zero attached hydrogens (tertiary/aromatic N) is 1. The third-order valence-electron chi connectivity index (χ3n) is 2.78. The monoisotopic (exact) mass is 246 g/mol. The van der Waals surface area contributed by atoms with Gasteiger partial charge in [0.1, 0.15) is 0 Å². The molecule has 1 aromatic rings. The Morgan fingerprint density at radius 3 is 2.83 bits per heavy atom. The summed E-state index contributed by atoms with van der Waals surface area (Å²) in [4.78, 5) is 4.23. The second kappa shape index (κ2) is 8.54. The normalized spacial score (nSPS) is 11.5. The molecule has 0 aliphatic carbocycles. The SMILES string of the molecule is CC#CCCC(Cc1ccc(OC)nc1)NCC. The summed E-state index contributed by atoms with van der Waals surface area (Å²) in [6.07, 6.45) is 4.88. The van der Waals surface area contributed by atoms with E-state index in [4.69, 9.17) is 4.74 Å². The van der Waals surface area contributed by atoms with Crippen molar-refractivity contribution in [2.75, 3.05) is 13.7 Å². The summed E-state index contributed by atoms with van der Waals surface area (Å²) in [5.74, 6) is 6.72. The minimum absolute atomic E-state index is 0.464. The number of rotatable bonds is 7. The van der Waals surface area contributed by atoms with Gasteiger partial charge in [-0.3, -0.25) is 0 Å². The van der Waals surface area contributed by atoms with Crippen LogP contribution in [0.1, 0.15) is 32.3 Å². The van der Waals surface area contributed by atoms with Gasteiger partial charge >= 0.3 is 0 Å². The van der Waals surface area contributed by atoms with Crippen LogP contribution in [0.5, 0.6) is 5.88 Å². The van der Waals surface area contributed by atoms with Crippen molar-refractivity contribution in [2.45, 2.75) is 39.2 Å². The average molecular weight is 246 g/mol. The first-order valence-electron chi connectivity index (χ1n) is 6.42. The fourth-order valence-corrected chi connectivity index (χ4v) is 1.87. The van der Waals surface area contributed by atoms with Crippen LogP contribution >= 0.6 is 0 Å². The highest BCUT2D eigenvalue weighted by atomic mass is 16.5. The summed E-state index contributed by atoms with van der Waals surface area (Å²) in [6.45, 7) is 4.99. The summed E-state index contributed by atoms with van der Waals surface area (Å²) in [5, 5.41) is 3.49. The Hall–Kier alpha value is -1.53. The van der Waals surface area contributed by atoms with Gasteiger partial charge in [0, 0.05) is 24.7 Å². The molecule has 0 fully saturated rings. The Morgan fingerprint density at radius 2 is 2.28 bits per heavy atom. The van der Waals surface area contributed by atoms with Crippen LogP contribution < -0.4 is 10.1 Å². The van der Waals surface area contributed by atoms with Gasteiger partial charge in [0.25, 0.3) is 0 Å². The molecule has 1 aromatic heterocycles. The molecule has 0 aliphatic rings. The number of methoxy groups -OCH3 is 1. The van der Waals surface area contributed by atoms with E-state index in [9.17, 15) is 0 Å². The summed E-state index contributed by atoms with van der Waals surface area (Å²) in [5.41, 5.74) is 1.23. The molecule has 0 bridgehead atoms. The van der Waals surface area contributed by atoms with Crippen molar-refractivity contribution in [3.05, 3.63) is 23.9 Å². The second-order valence-electron chi connectivity index (χ2n) is 4.13. The zero-order chi connectivity index (χ0) is 13.2. The standard InChI is InChI=1S/C15H22N2O/c1-4-6-7-8-14(16-5-2)11-13-9-10-15(18-3)17-12-13/h9-10,12,14,16H,5,7-8,11H2,1-3H3. The van der Waals surface area contributed by atoms with Crippen molar-refractivity contribution in [3.8, 4) is 17.7 Å². The van der Waals surface area contributed by atoms with E-state index < -0.39 is 0 Å². The summed E-state index contributed by atoms with van der Waals surface area (Å²) in [6, 6.07) is 4.44. The van der Waals surface area contributed by atoms with Crippen molar-refractivity contribution in [1.82, 2.24) is 10.3 Å². The van der Waals surface area contributed by atoms with Crippen LogP contribution in [0, 0.1) is 11.8 Å². The zero-order valence-corrected chi connectivity index (χ0v) is 11.5. The van der Waals surface area contributed by atoms with Crippen LogP contribution in [-0.4, -0.2) is 24.7 Å². The van der Waals surface area contributed by atoms with E-state index in [1.165, 1.54) is 5.56 Å². The first kappa shape index (κ1) is 14.5. The van der Waals surface area contributed by atoms with E-state index in [1.807, 2.05) is 19.2 Å². The number of hydrogen-bond acceptors (Lipinski definition) is 3. The molecule has 0 aromatic carbocycles. The van der Waals surface area contributed by atoms with E-state index >= 15 is 0 Å². The number of nitrogens with one attached hydrogen (secondary N) is 1. The predicted octanol–water partition coefficient (Wildman–Crippen LogP) is 2.41. The second-order valence-corrected chi connectivity index (χ2v) is 4.13. The lowest BCUT2D eigenvalue weighted by atomic mass is 10.0. The third-order valence-corrected chi connectivity index (χ3v) is 2.78. The minimum Gasteiger partial charge on any atom is -0.481 e. The molecule has 0 aliphatic heterocycles. The Morgan fingerprint density at radius 1 is 1.44 bits per heavy atom. The van der Waals surface area contributed by atoms with Crippen LogP contribution in [0.2, 0.25) is 0 Å². The fourth-order valence-electron chi connectivity index (χ4n) is 1.87. The Bertz CT molecular complexity index is 389. The lowest BCUT2D eigenvalue weighted by Gasteiger charge is -2.16. The summed E-state index contributed by atoms with van der Waals surface area (Å²) in [7, 11) is 1.63. The lowest BCUT2D eigenvalue weighted by Crippen LogP contribution is -2.30. The minimum atomic E-state index is 0.464. The van der Waals surface area contributed by atoms with Gasteiger partial charge in [-0.25, -0.2) is 4.98 Å². The fraction of sp³-hybridized carbons (Fsp3) is 0.533. The van der Waals surface area contributed by atoms with Gasteiger partial charge in [0.05, 0.1) is 7.11 Å². The van der Waals surface area contributed by atoms with Crippen molar-refractivity contribution < 1.29 is 4.74 Å². The largest absolute Gasteiger partial charge is 0.481 e. The molecule has 1 atom stereocenters. The molecular formula is C15H22N2O. The first-order valence-corrected chi connectivity index (χ1v) is 6.42. The highest BCUT2D eigenvalue weighted by Gasteiger charge is 2.08. The Labute approximate surface area is 110 Å². The predicted molar refractivity (Wildman–Crippen MR) is 74.6 cm³/mol. The molecule has 0 spiro atoms. The molecule has 0 saturated carbocycles. The van der Waals surface area contributed by atoms with Crippen molar-refractivity contribution >= 4 is 0 Å². The molecule has 0 amide bonds. The smallest absolute Gasteiger partial charge is 0.212 e. The lowest BCUT2D eigenvalue weighted by molar-refractivity contribution is 0.397. The van der Waals surface area contributed by atoms with E-state index in [0.717, 1.165) is 25.8 Å². The van der Waals surface area contributed by atoms with Crippen LogP contribution in [-0.2, 0) is 6.42 Å². The van der Waals surface area contributed by atoms with Gasteiger partial charge < -0.3 is 10.1 Å². The number of aromatic nitrogens is 1. The molecule has 18 heavy (non-hydrogen) atoms. The molecule has 1 heterocycles. The quantitative estimate of drug-likeness (QED) is 0.750. The van der Waals surface area contributed by atoms with Crippen LogP contribution in [0.4, 0.5) is 0 Å². The number of ether oxygens (including phenoxy) is 1. The molecular weight excluding hydrogens is 224 g/mol. The molecule has 98 valence electrons. The van der Waals surface area contributed by atoms with Gasteiger partial charge in [-0.1, -0.05) is 13.0 Å². The highest BCUT2D eigenvalue weighted by Crippen LogP contribution is 2.10. The van der Waals surface area contributed by atoms with E-state index in [1.54, 1.807) is 7.11 Å². The zero-order valence-electron chi connectivity index (χ0n) is 11.5. The molecule has 1 N–H and O–H groups in total. The average Bonchev–Trinajstić information content (AvgIpc) is 2.40. The van der Waals surface area contributed by atoms with Crippen molar-refractivity contribution in [1.29, 1.82) is 0 Å². The summed E-state index contributed by atoms with van der Waals surface area (Å²) >= 11 is 0. The molecule has 0 radical (unpaired) electrons. The van der Waals surface area contributed by atoms with Crippen LogP contribution in [0.15, 0.2) is 18.3 Å². The maximum Gasteiger partial charge on any atom is 0.212 e. The summed E-state index contributed by atoms with van der Waals surface area (Å²) < 4.78 is 5.06. The Kier molecular flexibility index (Phi) is 6.90. The topological polar surface area (TPSA) is 34.1 Å². The van der Waals surface area contributed by atoms with E-state index in [0.29, 0.717) is 11.9 Å². The molecule has 1 unspecified atom stereocenters. The van der Waals surface area contributed by atoms with Crippen molar-refractivity contribution in [2.24, 2.45) is 0 Å². The van der Waals surface area contributed by atoms with Gasteiger partial charge in [0.2, 0.25) is 5.88 Å². The Balaban J connectivity index is 2.54. The van der Waals surface area contributed by atoms with E-state index in [-0.39, 0.29) is 0 Å². The van der Waals surface area contributed by atoms with E-state index in [2.05, 4.69) is 35.1 Å². The molecule has 3 nitrogen and oxygen atoms in total. The van der Waals surface area contributed by atoms with Crippen LogP contribution in [0.25, 0.3) is 0 Å².